The molecule has 0 aliphatic carbocycles. The lowest BCUT2D eigenvalue weighted by Gasteiger charge is -2.09. The molecule has 70 valence electrons. The van der Waals surface area contributed by atoms with Gasteiger partial charge in [-0.2, -0.15) is 5.26 Å². The van der Waals surface area contributed by atoms with Gasteiger partial charge in [0.25, 0.3) is 0 Å². The Kier molecular flexibility index (Phi) is 3.46. The van der Waals surface area contributed by atoms with Gasteiger partial charge in [-0.1, -0.05) is 12.8 Å². The maximum atomic E-state index is 8.60. The first-order valence-electron chi connectivity index (χ1n) is 4.26. The zero-order valence-electron chi connectivity index (χ0n) is 7.86. The Morgan fingerprint density at radius 3 is 3.07 bits per heavy atom. The summed E-state index contributed by atoms with van der Waals surface area (Å²) in [5.74, 6) is 2.96. The lowest BCUT2D eigenvalue weighted by molar-refractivity contribution is 0.840. The van der Waals surface area contributed by atoms with Gasteiger partial charge in [0.1, 0.15) is 11.8 Å². The fourth-order valence-corrected chi connectivity index (χ4v) is 0.908. The highest BCUT2D eigenvalue weighted by atomic mass is 15.1. The van der Waals surface area contributed by atoms with Gasteiger partial charge < -0.3 is 5.32 Å². The summed E-state index contributed by atoms with van der Waals surface area (Å²) in [6.07, 6.45) is 7.58. The van der Waals surface area contributed by atoms with Crippen LogP contribution in [0.5, 0.6) is 0 Å². The minimum absolute atomic E-state index is 0.0936. The third kappa shape index (κ3) is 2.46. The van der Waals surface area contributed by atoms with E-state index in [-0.39, 0.29) is 6.04 Å². The Bertz CT molecular complexity index is 386. The van der Waals surface area contributed by atoms with Crippen molar-refractivity contribution in [1.29, 1.82) is 5.26 Å². The number of anilines is 1. The van der Waals surface area contributed by atoms with Crippen LogP contribution in [0.25, 0.3) is 0 Å². The maximum absolute atomic E-state index is 8.60. The fourth-order valence-electron chi connectivity index (χ4n) is 0.908. The molecule has 0 bridgehead atoms. The monoisotopic (exact) mass is 186 g/mol. The molecule has 0 spiro atoms. The molecule has 1 rings (SSSR count). The average Bonchev–Trinajstić information content (AvgIpc) is 2.26. The van der Waals surface area contributed by atoms with E-state index in [1.165, 1.54) is 6.20 Å². The van der Waals surface area contributed by atoms with E-state index >= 15 is 0 Å². The van der Waals surface area contributed by atoms with Gasteiger partial charge in [0, 0.05) is 6.20 Å². The van der Waals surface area contributed by atoms with E-state index in [1.807, 2.05) is 13.0 Å². The second-order valence-electron chi connectivity index (χ2n) is 2.65. The van der Waals surface area contributed by atoms with E-state index in [0.29, 0.717) is 11.6 Å². The number of hydrogen-bond acceptors (Lipinski definition) is 4. The molecule has 4 nitrogen and oxygen atoms in total. The molecule has 0 aliphatic heterocycles. The van der Waals surface area contributed by atoms with Crippen molar-refractivity contribution >= 4 is 5.95 Å². The normalized spacial score (nSPS) is 11.1. The molecule has 4 heteroatoms. The van der Waals surface area contributed by atoms with Crippen molar-refractivity contribution in [2.24, 2.45) is 0 Å². The Balaban J connectivity index is 2.78. The van der Waals surface area contributed by atoms with Gasteiger partial charge in [-0.3, -0.25) is 0 Å². The van der Waals surface area contributed by atoms with E-state index in [2.05, 4.69) is 21.2 Å². The number of nitriles is 1. The SMILES string of the molecule is C#CC(CC)Nc1nccc(C#N)n1. The van der Waals surface area contributed by atoms with Crippen LogP contribution in [0.15, 0.2) is 12.3 Å². The molecule has 0 radical (unpaired) electrons. The van der Waals surface area contributed by atoms with Crippen molar-refractivity contribution in [2.75, 3.05) is 5.32 Å². The van der Waals surface area contributed by atoms with E-state index in [9.17, 15) is 0 Å². The van der Waals surface area contributed by atoms with Crippen molar-refractivity contribution in [3.05, 3.63) is 18.0 Å². The molecule has 0 amide bonds. The molecule has 0 fully saturated rings. The van der Waals surface area contributed by atoms with E-state index in [1.54, 1.807) is 6.07 Å². The van der Waals surface area contributed by atoms with Crippen LogP contribution in [0.1, 0.15) is 19.0 Å². The zero-order valence-corrected chi connectivity index (χ0v) is 7.86. The first-order chi connectivity index (χ1) is 6.80. The minimum Gasteiger partial charge on any atom is -0.341 e. The summed E-state index contributed by atoms with van der Waals surface area (Å²) < 4.78 is 0. The van der Waals surface area contributed by atoms with Gasteiger partial charge in [0.2, 0.25) is 5.95 Å². The lowest BCUT2D eigenvalue weighted by atomic mass is 10.2. The largest absolute Gasteiger partial charge is 0.341 e. The van der Waals surface area contributed by atoms with Crippen LogP contribution in [-0.4, -0.2) is 16.0 Å². The molecule has 1 N–H and O–H groups in total. The summed E-state index contributed by atoms with van der Waals surface area (Å²) in [5.41, 5.74) is 0.328. The highest BCUT2D eigenvalue weighted by Crippen LogP contribution is 2.02. The molecular weight excluding hydrogens is 176 g/mol. The van der Waals surface area contributed by atoms with E-state index < -0.39 is 0 Å². The van der Waals surface area contributed by atoms with Crippen LogP contribution in [0, 0.1) is 23.7 Å². The second kappa shape index (κ2) is 4.84. The Morgan fingerprint density at radius 1 is 1.71 bits per heavy atom. The van der Waals surface area contributed by atoms with Gasteiger partial charge >= 0.3 is 0 Å². The van der Waals surface area contributed by atoms with Gasteiger partial charge in [-0.25, -0.2) is 9.97 Å². The number of terminal acetylenes is 1. The van der Waals surface area contributed by atoms with Crippen LogP contribution < -0.4 is 5.32 Å². The van der Waals surface area contributed by atoms with Crippen LogP contribution in [0.2, 0.25) is 0 Å². The lowest BCUT2D eigenvalue weighted by Crippen LogP contribution is -2.17. The molecule has 1 aromatic heterocycles. The molecule has 0 saturated heterocycles. The van der Waals surface area contributed by atoms with E-state index in [0.717, 1.165) is 6.42 Å². The van der Waals surface area contributed by atoms with Crippen molar-refractivity contribution in [3.8, 4) is 18.4 Å². The molecule has 0 aromatic carbocycles. The summed E-state index contributed by atoms with van der Waals surface area (Å²) in [4.78, 5) is 7.90. The van der Waals surface area contributed by atoms with Crippen molar-refractivity contribution in [1.82, 2.24) is 9.97 Å². The predicted octanol–water partition coefficient (Wildman–Crippen LogP) is 1.17. The average molecular weight is 186 g/mol. The van der Waals surface area contributed by atoms with Crippen molar-refractivity contribution in [3.63, 3.8) is 0 Å². The highest BCUT2D eigenvalue weighted by molar-refractivity contribution is 5.33. The molecule has 1 aromatic rings. The van der Waals surface area contributed by atoms with Crippen LogP contribution in [0.3, 0.4) is 0 Å². The van der Waals surface area contributed by atoms with Crippen LogP contribution >= 0.6 is 0 Å². The van der Waals surface area contributed by atoms with Crippen LogP contribution in [-0.2, 0) is 0 Å². The smallest absolute Gasteiger partial charge is 0.224 e. The Morgan fingerprint density at radius 2 is 2.50 bits per heavy atom. The van der Waals surface area contributed by atoms with Crippen molar-refractivity contribution < 1.29 is 0 Å². The van der Waals surface area contributed by atoms with Crippen LogP contribution in [0.4, 0.5) is 5.95 Å². The first kappa shape index (κ1) is 10.0. The number of nitrogens with zero attached hydrogens (tertiary/aromatic N) is 3. The number of hydrogen-bond donors (Lipinski definition) is 1. The quantitative estimate of drug-likeness (QED) is 0.720. The summed E-state index contributed by atoms with van der Waals surface area (Å²) >= 11 is 0. The van der Waals surface area contributed by atoms with Gasteiger partial charge in [-0.05, 0) is 12.5 Å². The number of rotatable bonds is 3. The standard InChI is InChI=1S/C10H10N4/c1-3-8(4-2)13-10-12-6-5-9(7-11)14-10/h1,5-6,8H,4H2,2H3,(H,12,13,14). The summed E-state index contributed by atoms with van der Waals surface area (Å²) in [7, 11) is 0. The Hall–Kier alpha value is -2.07. The summed E-state index contributed by atoms with van der Waals surface area (Å²) in [6.45, 7) is 1.96. The molecular formula is C10H10N4. The summed E-state index contributed by atoms with van der Waals surface area (Å²) in [6, 6.07) is 3.38. The molecule has 1 unspecified atom stereocenters. The highest BCUT2D eigenvalue weighted by Gasteiger charge is 2.03. The van der Waals surface area contributed by atoms with E-state index in [4.69, 9.17) is 11.7 Å². The van der Waals surface area contributed by atoms with Gasteiger partial charge in [0.05, 0.1) is 6.04 Å². The predicted molar refractivity (Wildman–Crippen MR) is 53.3 cm³/mol. The van der Waals surface area contributed by atoms with Gasteiger partial charge in [-0.15, -0.1) is 6.42 Å². The number of aromatic nitrogens is 2. The second-order valence-corrected chi connectivity index (χ2v) is 2.65. The zero-order chi connectivity index (χ0) is 10.4. The molecule has 1 atom stereocenters. The molecule has 1 heterocycles. The van der Waals surface area contributed by atoms with Crippen molar-refractivity contribution in [2.45, 2.75) is 19.4 Å². The third-order valence-corrected chi connectivity index (χ3v) is 1.68. The minimum atomic E-state index is -0.0936. The number of nitrogens with one attached hydrogen (secondary N) is 1. The first-order valence-corrected chi connectivity index (χ1v) is 4.26. The molecule has 14 heavy (non-hydrogen) atoms. The summed E-state index contributed by atoms with van der Waals surface area (Å²) in [5, 5.41) is 11.5. The molecule has 0 saturated carbocycles. The third-order valence-electron chi connectivity index (χ3n) is 1.68. The van der Waals surface area contributed by atoms with Gasteiger partial charge in [0.15, 0.2) is 0 Å². The molecule has 0 aliphatic rings. The Labute approximate surface area is 83.0 Å². The fraction of sp³-hybridized carbons (Fsp3) is 0.300. The maximum Gasteiger partial charge on any atom is 0.224 e. The topological polar surface area (TPSA) is 61.6 Å².